The van der Waals surface area contributed by atoms with Crippen molar-refractivity contribution in [3.05, 3.63) is 87.7 Å². The molecule has 2 saturated carbocycles. The van der Waals surface area contributed by atoms with Crippen LogP contribution in [-0.2, 0) is 21.1 Å². The van der Waals surface area contributed by atoms with Gasteiger partial charge in [0, 0.05) is 38.7 Å². The van der Waals surface area contributed by atoms with Crippen LogP contribution in [0.5, 0.6) is 5.75 Å². The molecule has 3 aromatic carbocycles. The van der Waals surface area contributed by atoms with E-state index in [1.54, 1.807) is 0 Å². The number of carbonyl (C=O) groups is 2. The average Bonchev–Trinajstić information content (AvgIpc) is 3.67. The molecule has 48 heavy (non-hydrogen) atoms. The van der Waals surface area contributed by atoms with Gasteiger partial charge in [-0.15, -0.1) is 0 Å². The van der Waals surface area contributed by atoms with Crippen LogP contribution in [0.25, 0.3) is 11.1 Å². The van der Waals surface area contributed by atoms with Gasteiger partial charge in [0.05, 0.1) is 18.6 Å². The standard InChI is InChI=1S/C32H31F4N3O8S/c1-47-26-14-25(33)23(17-7-9-20(10-8-17)31(15-40,16-41)39(44)45)13-24(26)29(42)38-28-19-6-5-18(11-19)27(28)30(43)37-21-3-2-4-22(12-21)48(46)32(34,35)36/h2-4,7-10,12-14,18-19,27-28,40-41H,5-6,11,15-16H2,1H3,(H,37,43)(H,38,42). The number of carbonyl (C=O) groups excluding carboxylic acids is 2. The topological polar surface area (TPSA) is 168 Å². The smallest absolute Gasteiger partial charge is 0.475 e. The van der Waals surface area contributed by atoms with Crippen LogP contribution in [0.15, 0.2) is 65.6 Å². The summed E-state index contributed by atoms with van der Waals surface area (Å²) in [6.07, 6.45) is 2.06. The molecular weight excluding hydrogens is 662 g/mol. The van der Waals surface area contributed by atoms with Crippen molar-refractivity contribution in [2.75, 3.05) is 25.6 Å². The second-order valence-corrected chi connectivity index (χ2v) is 13.3. The number of anilines is 1. The molecule has 2 bridgehead atoms. The van der Waals surface area contributed by atoms with E-state index in [0.717, 1.165) is 24.6 Å². The van der Waals surface area contributed by atoms with Gasteiger partial charge in [-0.3, -0.25) is 19.7 Å². The van der Waals surface area contributed by atoms with Gasteiger partial charge in [-0.25, -0.2) is 8.60 Å². The van der Waals surface area contributed by atoms with Gasteiger partial charge in [0.1, 0.15) is 24.8 Å². The maximum atomic E-state index is 15.3. The first-order valence-electron chi connectivity index (χ1n) is 14.8. The number of nitrogens with zero attached hydrogens (tertiary/aromatic N) is 1. The number of benzene rings is 3. The van der Waals surface area contributed by atoms with Crippen LogP contribution in [0, 0.1) is 33.7 Å². The Morgan fingerprint density at radius 3 is 2.31 bits per heavy atom. The Labute approximate surface area is 273 Å². The molecular formula is C32H31F4N3O8S. The van der Waals surface area contributed by atoms with Crippen LogP contribution in [0.4, 0.5) is 23.2 Å². The van der Waals surface area contributed by atoms with Crippen molar-refractivity contribution in [3.63, 3.8) is 0 Å². The monoisotopic (exact) mass is 693 g/mol. The molecule has 3 aromatic rings. The van der Waals surface area contributed by atoms with Crippen LogP contribution in [-0.4, -0.2) is 63.0 Å². The number of alkyl halides is 3. The zero-order valence-electron chi connectivity index (χ0n) is 25.3. The fourth-order valence-electron chi connectivity index (χ4n) is 6.69. The molecule has 2 aliphatic carbocycles. The molecule has 0 radical (unpaired) electrons. The van der Waals surface area contributed by atoms with Crippen LogP contribution in [0.2, 0.25) is 0 Å². The number of hydrogen-bond donors (Lipinski definition) is 4. The summed E-state index contributed by atoms with van der Waals surface area (Å²) in [6.45, 7) is -1.96. The van der Waals surface area contributed by atoms with E-state index in [-0.39, 0.29) is 45.5 Å². The third-order valence-electron chi connectivity index (χ3n) is 9.18. The summed E-state index contributed by atoms with van der Waals surface area (Å²) < 4.78 is 71.4. The number of aliphatic hydroxyl groups excluding tert-OH is 2. The minimum absolute atomic E-state index is 0.0194. The summed E-state index contributed by atoms with van der Waals surface area (Å²) in [7, 11) is -2.04. The average molecular weight is 694 g/mol. The van der Waals surface area contributed by atoms with Crippen molar-refractivity contribution in [2.45, 2.75) is 41.2 Å². The third-order valence-corrected chi connectivity index (χ3v) is 10.3. The lowest BCUT2D eigenvalue weighted by molar-refractivity contribution is -0.586. The number of aliphatic hydroxyl groups is 2. The quantitative estimate of drug-likeness (QED) is 0.131. The lowest BCUT2D eigenvalue weighted by Crippen LogP contribution is -2.48. The zero-order valence-corrected chi connectivity index (χ0v) is 26.1. The van der Waals surface area contributed by atoms with Gasteiger partial charge >= 0.3 is 5.51 Å². The molecule has 5 rings (SSSR count). The highest BCUT2D eigenvalue weighted by Gasteiger charge is 2.51. The maximum absolute atomic E-state index is 15.3. The van der Waals surface area contributed by atoms with Crippen molar-refractivity contribution in [1.29, 1.82) is 0 Å². The first kappa shape index (κ1) is 34.9. The highest BCUT2D eigenvalue weighted by atomic mass is 32.2. The Hall–Kier alpha value is -4.41. The van der Waals surface area contributed by atoms with Crippen LogP contribution in [0.3, 0.4) is 0 Å². The molecule has 0 saturated heterocycles. The number of nitrogens with one attached hydrogen (secondary N) is 2. The fraction of sp³-hybridized carbons (Fsp3) is 0.375. The van der Waals surface area contributed by atoms with E-state index in [2.05, 4.69) is 10.6 Å². The SMILES string of the molecule is COc1cc(F)c(-c2ccc(C(CO)(CO)[N+](=O)[O-])cc2)cc1C(=O)NC1C2CCC(C2)C1C(=O)Nc1cccc(S(=O)C(F)(F)F)c1. The predicted molar refractivity (Wildman–Crippen MR) is 164 cm³/mol. The molecule has 2 amide bonds. The fourth-order valence-corrected chi connectivity index (χ4v) is 7.39. The normalized spacial score (nSPS) is 21.1. The van der Waals surface area contributed by atoms with E-state index in [1.807, 2.05) is 0 Å². The van der Waals surface area contributed by atoms with Crippen molar-refractivity contribution in [2.24, 2.45) is 17.8 Å². The summed E-state index contributed by atoms with van der Waals surface area (Å²) in [5.41, 5.74) is -7.03. The van der Waals surface area contributed by atoms with Crippen molar-refractivity contribution >= 4 is 28.3 Å². The van der Waals surface area contributed by atoms with Crippen LogP contribution < -0.4 is 15.4 Å². The second kappa shape index (κ2) is 13.6. The van der Waals surface area contributed by atoms with E-state index in [4.69, 9.17) is 4.74 Å². The Morgan fingerprint density at radius 1 is 1.04 bits per heavy atom. The van der Waals surface area contributed by atoms with Gasteiger partial charge < -0.3 is 25.6 Å². The number of ether oxygens (including phenoxy) is 1. The maximum Gasteiger partial charge on any atom is 0.475 e. The predicted octanol–water partition coefficient (Wildman–Crippen LogP) is 4.37. The molecule has 5 unspecified atom stereocenters. The minimum Gasteiger partial charge on any atom is -0.496 e. The number of halogens is 4. The Morgan fingerprint density at radius 2 is 1.71 bits per heavy atom. The number of nitro groups is 1. The molecule has 2 fully saturated rings. The second-order valence-electron chi connectivity index (χ2n) is 11.8. The number of amides is 2. The van der Waals surface area contributed by atoms with Crippen molar-refractivity contribution < 1.29 is 51.2 Å². The zero-order chi connectivity index (χ0) is 35.0. The van der Waals surface area contributed by atoms with Gasteiger partial charge in [-0.1, -0.05) is 30.3 Å². The lowest BCUT2D eigenvalue weighted by atomic mass is 9.83. The van der Waals surface area contributed by atoms with E-state index in [9.17, 15) is 47.3 Å². The molecule has 11 nitrogen and oxygen atoms in total. The van der Waals surface area contributed by atoms with Gasteiger partial charge in [-0.2, -0.15) is 13.2 Å². The van der Waals surface area contributed by atoms with E-state index in [0.29, 0.717) is 12.8 Å². The molecule has 256 valence electrons. The lowest BCUT2D eigenvalue weighted by Gasteiger charge is -2.31. The molecule has 16 heteroatoms. The molecule has 2 aliphatic rings. The third kappa shape index (κ3) is 6.51. The summed E-state index contributed by atoms with van der Waals surface area (Å²) in [4.78, 5) is 37.5. The Bertz CT molecular complexity index is 1750. The number of methoxy groups -OCH3 is 1. The summed E-state index contributed by atoms with van der Waals surface area (Å²) in [5.74, 6) is -2.98. The van der Waals surface area contributed by atoms with Crippen LogP contribution >= 0.6 is 0 Å². The molecule has 5 atom stereocenters. The highest BCUT2D eigenvalue weighted by molar-refractivity contribution is 7.86. The summed E-state index contributed by atoms with van der Waals surface area (Å²) in [5, 5.41) is 36.4. The van der Waals surface area contributed by atoms with Crippen molar-refractivity contribution in [1.82, 2.24) is 5.32 Å². The summed E-state index contributed by atoms with van der Waals surface area (Å²) >= 11 is 0. The largest absolute Gasteiger partial charge is 0.496 e. The minimum atomic E-state index is -4.98. The molecule has 0 aliphatic heterocycles. The molecule has 0 heterocycles. The molecule has 0 aromatic heterocycles. The molecule has 4 N–H and O–H groups in total. The van der Waals surface area contributed by atoms with Gasteiger partial charge in [0.15, 0.2) is 10.8 Å². The van der Waals surface area contributed by atoms with E-state index < -0.39 is 74.5 Å². The van der Waals surface area contributed by atoms with Gasteiger partial charge in [-0.05, 0) is 60.9 Å². The van der Waals surface area contributed by atoms with Crippen molar-refractivity contribution in [3.8, 4) is 16.9 Å². The van der Waals surface area contributed by atoms with Crippen LogP contribution in [0.1, 0.15) is 35.2 Å². The highest BCUT2D eigenvalue weighted by Crippen LogP contribution is 2.49. The van der Waals surface area contributed by atoms with Gasteiger partial charge in [0.2, 0.25) is 5.91 Å². The number of rotatable bonds is 11. The number of hydrogen-bond acceptors (Lipinski definition) is 8. The first-order valence-corrected chi connectivity index (χ1v) is 15.9. The summed E-state index contributed by atoms with van der Waals surface area (Å²) in [6, 6.07) is 11.5. The Kier molecular flexibility index (Phi) is 9.89. The van der Waals surface area contributed by atoms with E-state index in [1.165, 1.54) is 49.6 Å². The first-order chi connectivity index (χ1) is 22.7. The molecule has 0 spiro atoms. The number of fused-ring (bicyclic) bond motifs is 2. The Balaban J connectivity index is 1.39. The van der Waals surface area contributed by atoms with Gasteiger partial charge in [0.25, 0.3) is 11.4 Å². The van der Waals surface area contributed by atoms with E-state index >= 15 is 4.39 Å².